The summed E-state index contributed by atoms with van der Waals surface area (Å²) in [5.41, 5.74) is 16.2. The third-order valence-electron chi connectivity index (χ3n) is 5.48. The monoisotopic (exact) mass is 420 g/mol. The Morgan fingerprint density at radius 1 is 1.06 bits per heavy atom. The Labute approximate surface area is 179 Å². The van der Waals surface area contributed by atoms with Gasteiger partial charge in [0.05, 0.1) is 5.69 Å². The van der Waals surface area contributed by atoms with Crippen LogP contribution in [0.4, 0.5) is 16.3 Å². The Kier molecular flexibility index (Phi) is 5.75. The average molecular weight is 420 g/mol. The largest absolute Gasteiger partial charge is 0.449 e. The van der Waals surface area contributed by atoms with E-state index in [1.807, 2.05) is 36.4 Å². The van der Waals surface area contributed by atoms with Crippen molar-refractivity contribution in [2.45, 2.75) is 18.1 Å². The third-order valence-corrected chi connectivity index (χ3v) is 5.48. The van der Waals surface area contributed by atoms with E-state index in [-0.39, 0.29) is 30.6 Å². The number of nitrogens with zero attached hydrogens (tertiary/aromatic N) is 1. The van der Waals surface area contributed by atoms with E-state index in [1.54, 1.807) is 0 Å². The molecule has 0 fully saturated rings. The van der Waals surface area contributed by atoms with Crippen LogP contribution in [0.2, 0.25) is 0 Å². The minimum Gasteiger partial charge on any atom is -0.449 e. The maximum absolute atomic E-state index is 12.2. The van der Waals surface area contributed by atoms with Crippen LogP contribution in [-0.4, -0.2) is 40.5 Å². The van der Waals surface area contributed by atoms with Crippen molar-refractivity contribution in [3.8, 4) is 11.1 Å². The van der Waals surface area contributed by atoms with Gasteiger partial charge in [-0.05, 0) is 28.3 Å². The van der Waals surface area contributed by atoms with Crippen molar-refractivity contribution in [1.82, 2.24) is 10.3 Å². The molecule has 3 aromatic rings. The van der Waals surface area contributed by atoms with E-state index in [9.17, 15) is 15.0 Å². The van der Waals surface area contributed by atoms with Gasteiger partial charge >= 0.3 is 6.09 Å². The molecule has 0 saturated carbocycles. The van der Waals surface area contributed by atoms with Crippen molar-refractivity contribution in [2.24, 2.45) is 0 Å². The van der Waals surface area contributed by atoms with Gasteiger partial charge in [-0.15, -0.1) is 0 Å². The summed E-state index contributed by atoms with van der Waals surface area (Å²) >= 11 is 0. The van der Waals surface area contributed by atoms with Gasteiger partial charge in [-0.3, -0.25) is 0 Å². The highest BCUT2D eigenvalue weighted by Crippen LogP contribution is 2.44. The normalized spacial score (nSPS) is 14.4. The van der Waals surface area contributed by atoms with Crippen molar-refractivity contribution >= 4 is 17.6 Å². The highest BCUT2D eigenvalue weighted by Gasteiger charge is 2.29. The zero-order chi connectivity index (χ0) is 22.0. The summed E-state index contributed by atoms with van der Waals surface area (Å²) in [6.45, 7) is -0.0426. The number of fused-ring (bicyclic) bond motifs is 3. The Hall–Kier alpha value is -3.62. The number of nitrogens with two attached hydrogens (primary N) is 2. The van der Waals surface area contributed by atoms with Crippen LogP contribution in [0.3, 0.4) is 0 Å². The number of hydrogen-bond donors (Lipinski definition) is 5. The molecule has 4 rings (SSSR count). The van der Waals surface area contributed by atoms with Crippen molar-refractivity contribution in [2.75, 3.05) is 24.6 Å². The van der Waals surface area contributed by atoms with Gasteiger partial charge in [0.15, 0.2) is 0 Å². The van der Waals surface area contributed by atoms with Crippen molar-refractivity contribution in [1.29, 1.82) is 0 Å². The topological polar surface area (TPSA) is 144 Å². The second-order valence-corrected chi connectivity index (χ2v) is 7.46. The molecule has 7 N–H and O–H groups in total. The van der Waals surface area contributed by atoms with Gasteiger partial charge in [0.25, 0.3) is 0 Å². The number of nitrogens with one attached hydrogen (secondary N) is 1. The lowest BCUT2D eigenvalue weighted by molar-refractivity contribution is 0.0184. The number of anilines is 2. The molecule has 1 aliphatic rings. The molecule has 1 amide bonds. The highest BCUT2D eigenvalue weighted by atomic mass is 16.5. The summed E-state index contributed by atoms with van der Waals surface area (Å²) in [6.07, 6.45) is -1.91. The molecule has 8 nitrogen and oxygen atoms in total. The van der Waals surface area contributed by atoms with Gasteiger partial charge in [-0.1, -0.05) is 48.5 Å². The number of alkyl carbamates (subject to hydrolysis) is 1. The van der Waals surface area contributed by atoms with Crippen LogP contribution in [-0.2, 0) is 4.74 Å². The minimum absolute atomic E-state index is 0.0579. The number of rotatable bonds is 6. The van der Waals surface area contributed by atoms with E-state index in [2.05, 4.69) is 22.4 Å². The van der Waals surface area contributed by atoms with Crippen LogP contribution in [0.15, 0.2) is 60.8 Å². The van der Waals surface area contributed by atoms with Gasteiger partial charge in [-0.25, -0.2) is 9.78 Å². The molecule has 31 heavy (non-hydrogen) atoms. The summed E-state index contributed by atoms with van der Waals surface area (Å²) in [5, 5.41) is 22.9. The van der Waals surface area contributed by atoms with Gasteiger partial charge in [-0.2, -0.15) is 0 Å². The lowest BCUT2D eigenvalue weighted by atomic mass is 9.98. The first-order valence-electron chi connectivity index (χ1n) is 9.91. The number of benzene rings is 2. The Bertz CT molecular complexity index is 1060. The third kappa shape index (κ3) is 4.16. The number of nitrogen functional groups attached to an aromatic ring is 2. The molecule has 0 saturated heterocycles. The number of aromatic nitrogens is 1. The Balaban J connectivity index is 1.34. The molecule has 1 aromatic heterocycles. The van der Waals surface area contributed by atoms with Crippen LogP contribution in [0, 0.1) is 0 Å². The summed E-state index contributed by atoms with van der Waals surface area (Å²) in [7, 11) is 0. The summed E-state index contributed by atoms with van der Waals surface area (Å²) in [4.78, 5) is 16.1. The lowest BCUT2D eigenvalue weighted by Crippen LogP contribution is -2.36. The van der Waals surface area contributed by atoms with Crippen LogP contribution in [0.25, 0.3) is 11.1 Å². The summed E-state index contributed by atoms with van der Waals surface area (Å²) in [6, 6.07) is 17.5. The molecule has 8 heteroatoms. The number of hydrogen-bond acceptors (Lipinski definition) is 7. The second-order valence-electron chi connectivity index (χ2n) is 7.46. The molecule has 0 spiro atoms. The number of ether oxygens (including phenoxy) is 1. The first-order chi connectivity index (χ1) is 15.0. The zero-order valence-corrected chi connectivity index (χ0v) is 16.7. The second kappa shape index (κ2) is 8.63. The van der Waals surface area contributed by atoms with Gasteiger partial charge in [0.2, 0.25) is 0 Å². The van der Waals surface area contributed by atoms with Gasteiger partial charge in [0, 0.05) is 24.2 Å². The van der Waals surface area contributed by atoms with Crippen molar-refractivity contribution in [3.05, 3.63) is 77.5 Å². The smallest absolute Gasteiger partial charge is 0.407 e. The molecular formula is C23H24N4O4. The molecule has 2 atom stereocenters. The standard InChI is InChI=1S/C23H24N4O4/c24-19-9-13(10-26-22(19)25)21(29)20(28)11-27-23(30)31-12-18-16-7-3-1-5-14(16)15-6-2-4-8-17(15)18/h1-10,18,20-21,28-29H,11-12,24H2,(H2,25,26)(H,27,30). The molecule has 2 aromatic carbocycles. The predicted octanol–water partition coefficient (Wildman–Crippen LogP) is 2.18. The lowest BCUT2D eigenvalue weighted by Gasteiger charge is -2.19. The number of aliphatic hydroxyl groups is 2. The number of amides is 1. The molecule has 0 radical (unpaired) electrons. The van der Waals surface area contributed by atoms with Crippen molar-refractivity contribution in [3.63, 3.8) is 0 Å². The van der Waals surface area contributed by atoms with Crippen LogP contribution in [0.5, 0.6) is 0 Å². The minimum atomic E-state index is -1.29. The highest BCUT2D eigenvalue weighted by molar-refractivity contribution is 5.79. The van der Waals surface area contributed by atoms with E-state index < -0.39 is 18.3 Å². The fraction of sp³-hybridized carbons (Fsp3) is 0.217. The fourth-order valence-corrected chi connectivity index (χ4v) is 3.84. The first-order valence-corrected chi connectivity index (χ1v) is 9.91. The maximum atomic E-state index is 12.2. The Morgan fingerprint density at radius 3 is 2.29 bits per heavy atom. The number of carbonyl (C=O) groups excluding carboxylic acids is 1. The molecule has 1 aliphatic carbocycles. The zero-order valence-electron chi connectivity index (χ0n) is 16.7. The van der Waals surface area contributed by atoms with E-state index in [1.165, 1.54) is 12.3 Å². The van der Waals surface area contributed by atoms with E-state index in [4.69, 9.17) is 16.2 Å². The van der Waals surface area contributed by atoms with Gasteiger partial charge < -0.3 is 31.7 Å². The maximum Gasteiger partial charge on any atom is 0.407 e. The SMILES string of the molecule is Nc1cc(C(O)C(O)CNC(=O)OCC2c3ccccc3-c3ccccc32)cnc1N. The van der Waals surface area contributed by atoms with E-state index in [0.29, 0.717) is 5.56 Å². The summed E-state index contributed by atoms with van der Waals surface area (Å²) in [5.74, 6) is 0.0830. The molecule has 160 valence electrons. The van der Waals surface area contributed by atoms with Crippen LogP contribution < -0.4 is 16.8 Å². The molecule has 0 bridgehead atoms. The molecular weight excluding hydrogens is 396 g/mol. The first kappa shape index (κ1) is 20.6. The predicted molar refractivity (Wildman–Crippen MR) is 117 cm³/mol. The average Bonchev–Trinajstić information content (AvgIpc) is 3.11. The summed E-state index contributed by atoms with van der Waals surface area (Å²) < 4.78 is 5.42. The van der Waals surface area contributed by atoms with Crippen LogP contribution in [0.1, 0.15) is 28.7 Å². The molecule has 1 heterocycles. The molecule has 2 unspecified atom stereocenters. The Morgan fingerprint density at radius 2 is 1.68 bits per heavy atom. The van der Waals surface area contributed by atoms with E-state index in [0.717, 1.165) is 22.3 Å². The number of pyridine rings is 1. The molecule has 0 aliphatic heterocycles. The van der Waals surface area contributed by atoms with Gasteiger partial charge in [0.1, 0.15) is 24.6 Å². The number of aliphatic hydroxyl groups excluding tert-OH is 2. The fourth-order valence-electron chi connectivity index (χ4n) is 3.84. The number of carbonyl (C=O) groups is 1. The van der Waals surface area contributed by atoms with Crippen molar-refractivity contribution < 1.29 is 19.7 Å². The quantitative estimate of drug-likeness (QED) is 0.411. The van der Waals surface area contributed by atoms with Crippen LogP contribution >= 0.6 is 0 Å². The van der Waals surface area contributed by atoms with E-state index >= 15 is 0 Å².